The van der Waals surface area contributed by atoms with Gasteiger partial charge in [0.2, 0.25) is 0 Å². The number of benzene rings is 6. The molecule has 0 N–H and O–H groups in total. The molecule has 0 spiro atoms. The Balaban J connectivity index is 1.17. The SMILES string of the molecule is CCCCCCC1(Cc2ccc(CC3(Cc4ccc(C)cc4)c4ccccc4-c4ccccc43)cc2)c2ccccc2-c2ccccc21. The van der Waals surface area contributed by atoms with Gasteiger partial charge in [-0.1, -0.05) is 184 Å². The Morgan fingerprint density at radius 2 is 0.729 bits per heavy atom. The zero-order chi connectivity index (χ0) is 32.6. The van der Waals surface area contributed by atoms with Gasteiger partial charge in [0.1, 0.15) is 0 Å². The molecule has 2 aliphatic carbocycles. The third-order valence-corrected chi connectivity index (χ3v) is 11.5. The van der Waals surface area contributed by atoms with E-state index in [2.05, 4.69) is 159 Å². The molecule has 8 rings (SSSR count). The lowest BCUT2D eigenvalue weighted by molar-refractivity contribution is 0.447. The van der Waals surface area contributed by atoms with Crippen molar-refractivity contribution in [2.75, 3.05) is 0 Å². The maximum absolute atomic E-state index is 2.44. The van der Waals surface area contributed by atoms with Crippen LogP contribution in [0.1, 0.15) is 83.5 Å². The Morgan fingerprint density at radius 3 is 1.15 bits per heavy atom. The van der Waals surface area contributed by atoms with Crippen molar-refractivity contribution < 1.29 is 0 Å². The first-order valence-electron chi connectivity index (χ1n) is 18.1. The Labute approximate surface area is 287 Å². The third kappa shape index (κ3) is 5.23. The summed E-state index contributed by atoms with van der Waals surface area (Å²) >= 11 is 0. The zero-order valence-electron chi connectivity index (χ0n) is 28.5. The lowest BCUT2D eigenvalue weighted by Crippen LogP contribution is -2.31. The maximum atomic E-state index is 2.44. The van der Waals surface area contributed by atoms with Crippen LogP contribution in [-0.4, -0.2) is 0 Å². The van der Waals surface area contributed by atoms with E-state index in [0.29, 0.717) is 0 Å². The standard InChI is InChI=1S/C48H46/c1-3-4-5-14-31-47(43-19-10-6-15-39(43)40-16-7-11-20-44(40)47)32-37-27-29-38(30-28-37)34-48(33-36-25-23-35(2)24-26-36)45-21-12-8-17-41(45)42-18-9-13-22-46(42)48/h6-13,15-30H,3-5,14,31-34H2,1-2H3. The van der Waals surface area contributed by atoms with E-state index in [-0.39, 0.29) is 10.8 Å². The third-order valence-electron chi connectivity index (χ3n) is 11.5. The van der Waals surface area contributed by atoms with Crippen molar-refractivity contribution in [1.29, 1.82) is 0 Å². The number of unbranched alkanes of at least 4 members (excludes halogenated alkanes) is 3. The van der Waals surface area contributed by atoms with E-state index in [4.69, 9.17) is 0 Å². The van der Waals surface area contributed by atoms with Crippen LogP contribution in [0.5, 0.6) is 0 Å². The summed E-state index contributed by atoms with van der Waals surface area (Å²) in [6, 6.07) is 55.7. The molecular weight excluding hydrogens is 577 g/mol. The van der Waals surface area contributed by atoms with Gasteiger partial charge in [-0.05, 0) is 93.8 Å². The van der Waals surface area contributed by atoms with Gasteiger partial charge in [0.05, 0.1) is 0 Å². The fourth-order valence-corrected chi connectivity index (χ4v) is 9.20. The van der Waals surface area contributed by atoms with Gasteiger partial charge in [-0.15, -0.1) is 0 Å². The van der Waals surface area contributed by atoms with Gasteiger partial charge in [0, 0.05) is 10.8 Å². The normalized spacial score (nSPS) is 14.6. The van der Waals surface area contributed by atoms with Gasteiger partial charge in [-0.2, -0.15) is 0 Å². The van der Waals surface area contributed by atoms with Crippen LogP contribution in [-0.2, 0) is 30.1 Å². The molecular formula is C48H46. The highest BCUT2D eigenvalue weighted by Crippen LogP contribution is 2.54. The quantitative estimate of drug-likeness (QED) is 0.126. The highest BCUT2D eigenvalue weighted by Gasteiger charge is 2.44. The summed E-state index contributed by atoms with van der Waals surface area (Å²) in [6.45, 7) is 4.49. The molecule has 6 aromatic carbocycles. The molecule has 0 saturated heterocycles. The minimum atomic E-state index is -0.117. The van der Waals surface area contributed by atoms with Crippen LogP contribution in [0.2, 0.25) is 0 Å². The molecule has 0 aromatic heterocycles. The number of rotatable bonds is 11. The Bertz CT molecular complexity index is 1950. The monoisotopic (exact) mass is 622 g/mol. The van der Waals surface area contributed by atoms with E-state index in [1.54, 1.807) is 0 Å². The predicted octanol–water partition coefficient (Wildman–Crippen LogP) is 12.2. The molecule has 0 unspecified atom stereocenters. The Kier molecular flexibility index (Phi) is 8.13. The number of hydrogen-bond donors (Lipinski definition) is 0. The second-order valence-electron chi connectivity index (χ2n) is 14.5. The number of fused-ring (bicyclic) bond motifs is 6. The van der Waals surface area contributed by atoms with Gasteiger partial charge in [-0.25, -0.2) is 0 Å². The summed E-state index contributed by atoms with van der Waals surface area (Å²) in [5.41, 5.74) is 17.0. The van der Waals surface area contributed by atoms with Gasteiger partial charge in [-0.3, -0.25) is 0 Å². The van der Waals surface area contributed by atoms with Crippen molar-refractivity contribution in [1.82, 2.24) is 0 Å². The first-order valence-corrected chi connectivity index (χ1v) is 18.1. The van der Waals surface area contributed by atoms with Gasteiger partial charge in [0.25, 0.3) is 0 Å². The predicted molar refractivity (Wildman–Crippen MR) is 203 cm³/mol. The number of aryl methyl sites for hydroxylation is 1. The highest BCUT2D eigenvalue weighted by atomic mass is 14.5. The second-order valence-corrected chi connectivity index (χ2v) is 14.5. The van der Waals surface area contributed by atoms with Crippen LogP contribution < -0.4 is 0 Å². The lowest BCUT2D eigenvalue weighted by atomic mass is 9.69. The molecule has 0 heteroatoms. The van der Waals surface area contributed by atoms with Crippen LogP contribution in [0.25, 0.3) is 22.3 Å². The summed E-state index contributed by atoms with van der Waals surface area (Å²) in [5.74, 6) is 0. The molecule has 0 amide bonds. The fraction of sp³-hybridized carbons (Fsp3) is 0.250. The van der Waals surface area contributed by atoms with E-state index < -0.39 is 0 Å². The summed E-state index contributed by atoms with van der Waals surface area (Å²) in [4.78, 5) is 0. The van der Waals surface area contributed by atoms with E-state index >= 15 is 0 Å². The van der Waals surface area contributed by atoms with E-state index in [1.165, 1.54) is 98.9 Å². The summed E-state index contributed by atoms with van der Waals surface area (Å²) in [7, 11) is 0. The first-order chi connectivity index (χ1) is 23.6. The Hall–Kier alpha value is -4.68. The van der Waals surface area contributed by atoms with E-state index in [9.17, 15) is 0 Å². The van der Waals surface area contributed by atoms with Crippen molar-refractivity contribution in [3.05, 3.63) is 190 Å². The summed E-state index contributed by atoms with van der Waals surface area (Å²) in [5, 5.41) is 0. The smallest absolute Gasteiger partial charge is 0.0295 e. The van der Waals surface area contributed by atoms with Crippen LogP contribution >= 0.6 is 0 Å². The van der Waals surface area contributed by atoms with Crippen LogP contribution in [0, 0.1) is 6.92 Å². The van der Waals surface area contributed by atoms with Crippen molar-refractivity contribution in [2.45, 2.75) is 76.0 Å². The molecule has 238 valence electrons. The Morgan fingerprint density at radius 1 is 0.375 bits per heavy atom. The number of hydrogen-bond acceptors (Lipinski definition) is 0. The first kappa shape index (κ1) is 30.6. The van der Waals surface area contributed by atoms with Crippen molar-refractivity contribution >= 4 is 0 Å². The summed E-state index contributed by atoms with van der Waals surface area (Å²) < 4.78 is 0. The van der Waals surface area contributed by atoms with E-state index in [1.807, 2.05) is 0 Å². The molecule has 0 heterocycles. The highest BCUT2D eigenvalue weighted by molar-refractivity contribution is 5.82. The van der Waals surface area contributed by atoms with Gasteiger partial charge < -0.3 is 0 Å². The summed E-state index contributed by atoms with van der Waals surface area (Å²) in [6.07, 6.45) is 9.32. The molecule has 0 radical (unpaired) electrons. The topological polar surface area (TPSA) is 0 Å². The molecule has 6 aromatic rings. The van der Waals surface area contributed by atoms with Crippen molar-refractivity contribution in [3.63, 3.8) is 0 Å². The zero-order valence-corrected chi connectivity index (χ0v) is 28.5. The van der Waals surface area contributed by atoms with Gasteiger partial charge in [0.15, 0.2) is 0 Å². The molecule has 0 aliphatic heterocycles. The van der Waals surface area contributed by atoms with E-state index in [0.717, 1.165) is 19.3 Å². The fourth-order valence-electron chi connectivity index (χ4n) is 9.20. The molecule has 48 heavy (non-hydrogen) atoms. The largest absolute Gasteiger partial charge is 0.0654 e. The molecule has 2 aliphatic rings. The second kappa shape index (κ2) is 12.7. The minimum absolute atomic E-state index is 0.0123. The van der Waals surface area contributed by atoms with Crippen molar-refractivity contribution in [3.8, 4) is 22.3 Å². The molecule has 0 saturated carbocycles. The average Bonchev–Trinajstić information content (AvgIpc) is 3.56. The minimum Gasteiger partial charge on any atom is -0.0654 e. The van der Waals surface area contributed by atoms with Crippen LogP contribution in [0.15, 0.2) is 146 Å². The molecule has 0 fully saturated rings. The molecule has 0 atom stereocenters. The lowest BCUT2D eigenvalue weighted by Gasteiger charge is -2.34. The van der Waals surface area contributed by atoms with Crippen LogP contribution in [0.4, 0.5) is 0 Å². The maximum Gasteiger partial charge on any atom is 0.0295 e. The molecule has 0 bridgehead atoms. The van der Waals surface area contributed by atoms with Crippen molar-refractivity contribution in [2.24, 2.45) is 0 Å². The average molecular weight is 623 g/mol. The van der Waals surface area contributed by atoms with Crippen LogP contribution in [0.3, 0.4) is 0 Å². The van der Waals surface area contributed by atoms with Gasteiger partial charge >= 0.3 is 0 Å². The molecule has 0 nitrogen and oxygen atoms in total.